The summed E-state index contributed by atoms with van der Waals surface area (Å²) in [6.07, 6.45) is -4.58. The van der Waals surface area contributed by atoms with Crippen LogP contribution in [0.2, 0.25) is 0 Å². The van der Waals surface area contributed by atoms with Crippen LogP contribution in [0, 0.1) is 23.7 Å². The predicted molar refractivity (Wildman–Crippen MR) is 179 cm³/mol. The number of cyclic esters (lactones) is 1. The molecule has 2 aliphatic heterocycles. The summed E-state index contributed by atoms with van der Waals surface area (Å²) in [5.74, 6) is -5.95. The zero-order valence-electron chi connectivity index (χ0n) is 30.6. The molecule has 49 heavy (non-hydrogen) atoms. The van der Waals surface area contributed by atoms with E-state index in [4.69, 9.17) is 18.9 Å². The molecule has 1 aromatic rings. The van der Waals surface area contributed by atoms with Gasteiger partial charge in [0.25, 0.3) is 0 Å². The summed E-state index contributed by atoms with van der Waals surface area (Å²) < 4.78 is 24.4. The van der Waals surface area contributed by atoms with Gasteiger partial charge >= 0.3 is 11.9 Å². The van der Waals surface area contributed by atoms with Crippen molar-refractivity contribution >= 4 is 17.7 Å². The largest absolute Gasteiger partial charge is 0.461 e. The van der Waals surface area contributed by atoms with Crippen LogP contribution in [0.5, 0.6) is 0 Å². The van der Waals surface area contributed by atoms with Crippen LogP contribution < -0.4 is 0 Å². The molecule has 1 aromatic heterocycles. The number of Topliss-reactive ketones (excluding diaryl/α,β-unsaturated/α-hetero) is 1. The number of rotatable bonds is 7. The maximum absolute atomic E-state index is 13.9. The maximum Gasteiger partial charge on any atom is 0.312 e. The van der Waals surface area contributed by atoms with E-state index in [-0.39, 0.29) is 31.4 Å². The smallest absolute Gasteiger partial charge is 0.312 e. The monoisotopic (exact) mass is 694 g/mol. The molecular weight excluding hydrogens is 636 g/mol. The van der Waals surface area contributed by atoms with E-state index in [1.165, 1.54) is 33.9 Å². The third kappa shape index (κ3) is 9.63. The van der Waals surface area contributed by atoms with Gasteiger partial charge in [-0.05, 0) is 72.7 Å². The van der Waals surface area contributed by atoms with Gasteiger partial charge in [0.05, 0.1) is 36.3 Å². The molecule has 13 nitrogen and oxygen atoms in total. The van der Waals surface area contributed by atoms with E-state index in [1.54, 1.807) is 39.1 Å². The molecule has 0 aliphatic carbocycles. The second-order valence-corrected chi connectivity index (χ2v) is 14.9. The lowest BCUT2D eigenvalue weighted by atomic mass is 9.74. The Morgan fingerprint density at radius 3 is 2.31 bits per heavy atom. The SMILES string of the molecule is CC[C@H]1OC(=O)[C@H](C)[C@@H](OC(=O)Cc2cccnc2)[C@H](C)[C@@H](O[C@@H]2O[C@H](C)C[C@H](N(C)C)[C@H]2O)[C@@](C)(O)C[C@@H](C)C(=O)[C@H](C)[C@@H](O)[C@]1(C)O. The molecule has 3 rings (SSSR count). The number of hydrogen-bond donors (Lipinski definition) is 4. The van der Waals surface area contributed by atoms with Crippen LogP contribution in [0.3, 0.4) is 0 Å². The summed E-state index contributed by atoms with van der Waals surface area (Å²) in [4.78, 5) is 46.9. The molecule has 0 radical (unpaired) electrons. The normalized spacial score (nSPS) is 41.5. The van der Waals surface area contributed by atoms with Gasteiger partial charge in [-0.25, -0.2) is 0 Å². The first kappa shape index (κ1) is 40.9. The number of aliphatic hydroxyl groups excluding tert-OH is 2. The molecule has 278 valence electrons. The number of carbonyl (C=O) groups is 3. The molecule has 0 unspecified atom stereocenters. The van der Waals surface area contributed by atoms with Gasteiger partial charge in [0.1, 0.15) is 29.7 Å². The van der Waals surface area contributed by atoms with Crippen LogP contribution in [0.25, 0.3) is 0 Å². The number of ketones is 1. The number of esters is 2. The van der Waals surface area contributed by atoms with Crippen molar-refractivity contribution in [2.24, 2.45) is 23.7 Å². The van der Waals surface area contributed by atoms with Crippen LogP contribution in [-0.2, 0) is 39.8 Å². The fraction of sp³-hybridized carbons (Fsp3) is 0.778. The predicted octanol–water partition coefficient (Wildman–Crippen LogP) is 2.05. The third-order valence-corrected chi connectivity index (χ3v) is 10.4. The number of aromatic nitrogens is 1. The first-order valence-corrected chi connectivity index (χ1v) is 17.3. The molecule has 0 bridgehead atoms. The van der Waals surface area contributed by atoms with Crippen molar-refractivity contribution in [2.45, 2.75) is 141 Å². The van der Waals surface area contributed by atoms with Gasteiger partial charge in [-0.3, -0.25) is 19.4 Å². The highest BCUT2D eigenvalue weighted by atomic mass is 16.7. The van der Waals surface area contributed by atoms with Gasteiger partial charge in [0.15, 0.2) is 6.29 Å². The molecule has 0 amide bonds. The van der Waals surface area contributed by atoms with Gasteiger partial charge in [0.2, 0.25) is 0 Å². The van der Waals surface area contributed by atoms with Gasteiger partial charge in [-0.2, -0.15) is 0 Å². The Labute approximate surface area is 290 Å². The van der Waals surface area contributed by atoms with Crippen LogP contribution in [-0.4, -0.2) is 122 Å². The van der Waals surface area contributed by atoms with E-state index in [0.717, 1.165) is 0 Å². The van der Waals surface area contributed by atoms with E-state index in [1.807, 2.05) is 25.9 Å². The molecule has 0 aromatic carbocycles. The standard InChI is InChI=1S/C36H58N2O11/c1-11-26-36(8,45)31(42)21(4)28(40)19(2)17-35(7,44)32(49-34-29(41)25(38(9)10)15-20(3)46-34)22(5)30(23(6)33(43)47-26)48-27(39)16-24-13-12-14-37-18-24/h12-14,18-23,25-26,29-32,34,41-42,44-45H,11,15-17H2,1-10H3/t19-,20-,21+,22+,23-,25+,26-,29-,30+,31-,32-,34+,35+,36-/m1/s1. The highest BCUT2D eigenvalue weighted by Gasteiger charge is 2.52. The van der Waals surface area contributed by atoms with E-state index < -0.39 is 89.4 Å². The maximum atomic E-state index is 13.9. The quantitative estimate of drug-likeness (QED) is 0.304. The van der Waals surface area contributed by atoms with Crippen molar-refractivity contribution < 1.29 is 53.8 Å². The summed E-state index contributed by atoms with van der Waals surface area (Å²) in [6.45, 7) is 12.6. The fourth-order valence-corrected chi connectivity index (χ4v) is 7.47. The lowest BCUT2D eigenvalue weighted by molar-refractivity contribution is -0.299. The Morgan fingerprint density at radius 2 is 1.73 bits per heavy atom. The van der Waals surface area contributed by atoms with Crippen molar-refractivity contribution in [1.29, 1.82) is 0 Å². The van der Waals surface area contributed by atoms with Gasteiger partial charge in [-0.15, -0.1) is 0 Å². The van der Waals surface area contributed by atoms with E-state index >= 15 is 0 Å². The van der Waals surface area contributed by atoms with Gasteiger partial charge in [0, 0.05) is 36.2 Å². The van der Waals surface area contributed by atoms with Crippen molar-refractivity contribution in [3.8, 4) is 0 Å². The minimum Gasteiger partial charge on any atom is -0.461 e. The van der Waals surface area contributed by atoms with Crippen molar-refractivity contribution in [3.05, 3.63) is 30.1 Å². The van der Waals surface area contributed by atoms with Crippen LogP contribution >= 0.6 is 0 Å². The van der Waals surface area contributed by atoms with Gasteiger partial charge < -0.3 is 44.3 Å². The Hall–Kier alpha value is -2.52. The average Bonchev–Trinajstić information content (AvgIpc) is 3.03. The van der Waals surface area contributed by atoms with E-state index in [2.05, 4.69) is 4.98 Å². The number of pyridine rings is 1. The molecule has 3 heterocycles. The Morgan fingerprint density at radius 1 is 1.08 bits per heavy atom. The lowest BCUT2D eigenvalue weighted by Gasteiger charge is -2.47. The van der Waals surface area contributed by atoms with Crippen LogP contribution in [0.1, 0.15) is 80.2 Å². The summed E-state index contributed by atoms with van der Waals surface area (Å²) in [6, 6.07) is 3.05. The molecule has 2 fully saturated rings. The van der Waals surface area contributed by atoms with Gasteiger partial charge in [-0.1, -0.05) is 33.8 Å². The fourth-order valence-electron chi connectivity index (χ4n) is 7.47. The highest BCUT2D eigenvalue weighted by molar-refractivity contribution is 5.83. The highest BCUT2D eigenvalue weighted by Crippen LogP contribution is 2.38. The number of aliphatic hydroxyl groups is 4. The summed E-state index contributed by atoms with van der Waals surface area (Å²) in [5.41, 5.74) is -3.26. The number of carbonyl (C=O) groups excluding carboxylic acids is 3. The Kier molecular flexibility index (Phi) is 13.9. The zero-order valence-corrected chi connectivity index (χ0v) is 30.6. The third-order valence-electron chi connectivity index (χ3n) is 10.4. The zero-order chi connectivity index (χ0) is 37.0. The minimum absolute atomic E-state index is 0.114. The first-order valence-electron chi connectivity index (χ1n) is 17.3. The average molecular weight is 695 g/mol. The van der Waals surface area contributed by atoms with Crippen LogP contribution in [0.15, 0.2) is 24.5 Å². The van der Waals surface area contributed by atoms with Crippen LogP contribution in [0.4, 0.5) is 0 Å². The molecule has 2 aliphatic rings. The summed E-state index contributed by atoms with van der Waals surface area (Å²) in [5, 5.41) is 46.3. The van der Waals surface area contributed by atoms with E-state index in [0.29, 0.717) is 12.0 Å². The molecule has 13 heteroatoms. The first-order chi connectivity index (χ1) is 22.7. The van der Waals surface area contributed by atoms with Crippen molar-refractivity contribution in [1.82, 2.24) is 9.88 Å². The van der Waals surface area contributed by atoms with E-state index in [9.17, 15) is 34.8 Å². The summed E-state index contributed by atoms with van der Waals surface area (Å²) in [7, 11) is 3.66. The van der Waals surface area contributed by atoms with Crippen molar-refractivity contribution in [2.75, 3.05) is 14.1 Å². The second-order valence-electron chi connectivity index (χ2n) is 14.9. The molecule has 0 saturated carbocycles. The molecule has 0 spiro atoms. The topological polar surface area (TPSA) is 185 Å². The number of likely N-dealkylation sites (N-methyl/N-ethyl adjacent to an activating group) is 1. The second kappa shape index (κ2) is 16.7. The Bertz CT molecular complexity index is 1260. The number of nitrogens with zero attached hydrogens (tertiary/aromatic N) is 2. The summed E-state index contributed by atoms with van der Waals surface area (Å²) >= 11 is 0. The molecular formula is C36H58N2O11. The molecule has 2 saturated heterocycles. The lowest BCUT2D eigenvalue weighted by Crippen LogP contribution is -2.60. The number of hydrogen-bond acceptors (Lipinski definition) is 13. The number of ether oxygens (including phenoxy) is 4. The molecule has 4 N–H and O–H groups in total. The van der Waals surface area contributed by atoms with Crippen molar-refractivity contribution in [3.63, 3.8) is 0 Å². The Balaban J connectivity index is 2.14. The minimum atomic E-state index is -2.01. The molecule has 14 atom stereocenters.